The van der Waals surface area contributed by atoms with Crippen LogP contribution in [0.15, 0.2) is 176 Å². The molecule has 17 bridgehead atoms. The molecule has 600 valence electrons. The molecule has 36 heteroatoms. The summed E-state index contributed by atoms with van der Waals surface area (Å²) < 4.78 is 38.9. The van der Waals surface area contributed by atoms with Crippen molar-refractivity contribution in [3.8, 4) is 97.0 Å². The number of aromatic nitrogens is 3. The molecule has 117 heavy (non-hydrogen) atoms. The van der Waals surface area contributed by atoms with Gasteiger partial charge in [0.15, 0.2) is 41.4 Å². The van der Waals surface area contributed by atoms with Gasteiger partial charge in [-0.3, -0.25) is 33.6 Å². The summed E-state index contributed by atoms with van der Waals surface area (Å²) in [5, 5.41) is 140. The van der Waals surface area contributed by atoms with E-state index >= 15 is 28.8 Å². The molecular weight excluding hydrogens is 1570 g/mol. The highest BCUT2D eigenvalue weighted by Gasteiger charge is 2.49. The Balaban J connectivity index is 0.880. The Morgan fingerprint density at radius 1 is 0.573 bits per heavy atom. The number of benzene rings is 9. The van der Waals surface area contributed by atoms with Crippen LogP contribution in [0.3, 0.4) is 0 Å². The van der Waals surface area contributed by atoms with E-state index in [9.17, 15) is 60.7 Å². The first-order valence-corrected chi connectivity index (χ1v) is 36.7. The van der Waals surface area contributed by atoms with Crippen molar-refractivity contribution in [2.24, 2.45) is 0 Å². The van der Waals surface area contributed by atoms with Gasteiger partial charge in [0.1, 0.15) is 119 Å². The van der Waals surface area contributed by atoms with Crippen LogP contribution < -0.4 is 56.2 Å². The molecule has 17 N–H and O–H groups in total. The number of halogens is 2. The first-order chi connectivity index (χ1) is 56.1. The molecule has 7 amide bonds. The summed E-state index contributed by atoms with van der Waals surface area (Å²) in [6.07, 6.45) is -8.92. The molecule has 9 aromatic carbocycles. The molecule has 0 unspecified atom stereocenters. The minimum atomic E-state index is -2.41. The van der Waals surface area contributed by atoms with Gasteiger partial charge in [-0.2, -0.15) is 0 Å². The fourth-order valence-electron chi connectivity index (χ4n) is 14.4. The third-order valence-corrected chi connectivity index (χ3v) is 20.6. The van der Waals surface area contributed by atoms with E-state index in [1.165, 1.54) is 59.4 Å². The number of phenolic OH excluding ortho intramolecular Hbond substituents is 6. The molecule has 17 rings (SSSR count). The van der Waals surface area contributed by atoms with Gasteiger partial charge in [0.25, 0.3) is 0 Å². The number of aromatic hydroxyl groups is 6. The summed E-state index contributed by atoms with van der Waals surface area (Å²) in [5.74, 6) is -16.9. The van der Waals surface area contributed by atoms with Crippen LogP contribution in [0.4, 0.5) is 0 Å². The Bertz CT molecular complexity index is 5660. The SMILES string of the molecule is CC(=O)N[C@H]1[C@H](O[C@@H]2c3ccc(c(Cl)c3)Oc3cc4cc(c3O)Oc3ccc(cc3Cl)C[C@H]3NC(=O)[C@H](n5cc(COc6ccc(-c7ccccc7)cc6)nn5)c5ccc(O)c(c5)Oc5cc(O)cc(c5)[C@H](NC3=O)C(=O)N[C@H]4C(=O)N[C@H]3C(=O)N[C@@H]2C(=O)N[C@@H](C(=O)O)c2cc(O)cc(O)c2-c2cc3ccc2O)O[C@H](CO)[C@@H](O)[C@@H]1O. The van der Waals surface area contributed by atoms with Crippen molar-refractivity contribution < 1.29 is 118 Å². The number of amides is 7. The van der Waals surface area contributed by atoms with Crippen LogP contribution in [0.1, 0.15) is 87.9 Å². The third kappa shape index (κ3) is 16.2. The summed E-state index contributed by atoms with van der Waals surface area (Å²) in [6, 6.07) is 21.8. The first-order valence-electron chi connectivity index (χ1n) is 35.9. The molecule has 0 spiro atoms. The Labute approximate surface area is 670 Å². The number of nitrogens with zero attached hydrogens (tertiary/aromatic N) is 3. The van der Waals surface area contributed by atoms with Crippen molar-refractivity contribution >= 4 is 70.5 Å². The van der Waals surface area contributed by atoms with Crippen molar-refractivity contribution in [2.75, 3.05) is 6.61 Å². The summed E-state index contributed by atoms with van der Waals surface area (Å²) in [7, 11) is 0. The fourth-order valence-corrected chi connectivity index (χ4v) is 14.8. The zero-order valence-corrected chi connectivity index (χ0v) is 62.2. The number of hydrogen-bond donors (Lipinski definition) is 17. The number of nitrogens with one attached hydrogen (secondary N) is 7. The number of carbonyl (C=O) groups is 8. The Hall–Kier alpha value is -13.7. The van der Waals surface area contributed by atoms with E-state index in [0.29, 0.717) is 5.75 Å². The van der Waals surface area contributed by atoms with Crippen LogP contribution in [0.5, 0.6) is 74.7 Å². The highest BCUT2D eigenvalue weighted by Crippen LogP contribution is 2.49. The second kappa shape index (κ2) is 32.3. The number of rotatable bonds is 10. The summed E-state index contributed by atoms with van der Waals surface area (Å²) in [4.78, 5) is 122. The van der Waals surface area contributed by atoms with E-state index in [0.717, 1.165) is 84.8 Å². The number of hydrogen-bond acceptors (Lipinski definition) is 25. The number of fused-ring (bicyclic) bond motifs is 14. The summed E-state index contributed by atoms with van der Waals surface area (Å²) >= 11 is 14.3. The second-order valence-corrected chi connectivity index (χ2v) is 28.8. The fraction of sp³-hybridized carbons (Fsp3) is 0.210. The lowest BCUT2D eigenvalue weighted by atomic mass is 9.89. The highest BCUT2D eigenvalue weighted by atomic mass is 35.5. The zero-order chi connectivity index (χ0) is 82.5. The Morgan fingerprint density at radius 2 is 1.20 bits per heavy atom. The molecule has 1 saturated heterocycles. The lowest BCUT2D eigenvalue weighted by molar-refractivity contribution is -0.284. The molecule has 0 saturated carbocycles. The lowest BCUT2D eigenvalue weighted by Crippen LogP contribution is -2.65. The number of carboxylic acid groups (broad SMARTS) is 1. The maximum atomic E-state index is 16.4. The second-order valence-electron chi connectivity index (χ2n) is 27.9. The predicted octanol–water partition coefficient (Wildman–Crippen LogP) is 6.38. The summed E-state index contributed by atoms with van der Waals surface area (Å²) in [5.41, 5.74) is -0.587. The largest absolute Gasteiger partial charge is 0.508 e. The zero-order valence-electron chi connectivity index (χ0n) is 60.7. The Morgan fingerprint density at radius 3 is 1.88 bits per heavy atom. The molecule has 1 aromatic heterocycles. The van der Waals surface area contributed by atoms with Crippen molar-refractivity contribution in [3.05, 3.63) is 231 Å². The van der Waals surface area contributed by atoms with E-state index in [1.807, 2.05) is 42.5 Å². The molecule has 10 aromatic rings. The van der Waals surface area contributed by atoms with Gasteiger partial charge in [0.2, 0.25) is 47.1 Å². The van der Waals surface area contributed by atoms with Crippen LogP contribution >= 0.6 is 23.2 Å². The van der Waals surface area contributed by atoms with Gasteiger partial charge >= 0.3 is 5.97 Å². The number of phenols is 6. The molecule has 8 heterocycles. The highest BCUT2D eigenvalue weighted by molar-refractivity contribution is 6.32. The Kier molecular flexibility index (Phi) is 21.7. The molecule has 0 aliphatic carbocycles. The van der Waals surface area contributed by atoms with Crippen LogP contribution in [0.25, 0.3) is 22.3 Å². The normalized spacial score (nSPS) is 23.1. The molecule has 1 fully saturated rings. The van der Waals surface area contributed by atoms with E-state index in [1.54, 1.807) is 12.1 Å². The van der Waals surface area contributed by atoms with Gasteiger partial charge in [0.05, 0.1) is 22.8 Å². The number of ether oxygens (including phenoxy) is 6. The molecule has 0 radical (unpaired) electrons. The van der Waals surface area contributed by atoms with Crippen molar-refractivity contribution in [3.63, 3.8) is 0 Å². The number of aliphatic hydroxyl groups is 3. The molecule has 7 aliphatic heterocycles. The van der Waals surface area contributed by atoms with Crippen molar-refractivity contribution in [1.82, 2.24) is 52.2 Å². The first kappa shape index (κ1) is 78.5. The van der Waals surface area contributed by atoms with Crippen molar-refractivity contribution in [2.45, 2.75) is 99.0 Å². The number of aliphatic carboxylic acids is 1. The van der Waals surface area contributed by atoms with Gasteiger partial charge in [-0.15, -0.1) is 5.10 Å². The smallest absolute Gasteiger partial charge is 0.330 e. The van der Waals surface area contributed by atoms with Gasteiger partial charge in [-0.25, -0.2) is 9.48 Å². The van der Waals surface area contributed by atoms with Crippen LogP contribution in [0, 0.1) is 0 Å². The summed E-state index contributed by atoms with van der Waals surface area (Å²) in [6.45, 7) is -0.141. The monoisotopic (exact) mass is 1630 g/mol. The minimum Gasteiger partial charge on any atom is -0.508 e. The predicted molar refractivity (Wildman–Crippen MR) is 407 cm³/mol. The van der Waals surface area contributed by atoms with E-state index < -0.39 is 213 Å². The molecule has 7 aliphatic rings. The number of aliphatic hydroxyl groups excluding tert-OH is 3. The maximum Gasteiger partial charge on any atom is 0.330 e. The molecule has 34 nitrogen and oxygen atoms in total. The van der Waals surface area contributed by atoms with Gasteiger partial charge in [-0.1, -0.05) is 95.1 Å². The molecule has 13 atom stereocenters. The standard InChI is InChI=1S/C81H68Cl2N10O24/c1-34(95)84-67-72(103)71(102)61(32-94)116-81(67)117-73-40-12-18-57(51(83)24-40)115-60-27-42-26-59(70(60)101)114-56-17-7-35(19-50(56)82)20-52-74(104)86-64(76(106)88-65(42)77(107)87-63-38-10-15-53(98)48(23-38)62-49(29-45(97)30-55(62)100)66(80(110)111)89-78(108)68(73)90-75(63)105)41-21-44(96)28-47(22-41)113-58-25-39(11-16-54(58)99)69(79(109)85-52)93-31-43(91-92-93)33-112-46-13-8-37(9-14-46)36-5-3-2-4-6-36/h2-19,21-31,52,61,63-69,71-73,81,94,96-103H,20,32-33H2,1H3,(H,84,95)(H,85,109)(H,86,104)(H,87,107)(H,88,106)(H,89,108)(H,90,105)(H,110,111)/t52-,61-,63-,64+,65-,66-,67-,68+,69-,71-,72-,73-,81+/m1/s1. The quantitative estimate of drug-likeness (QED) is 0.0706. The van der Waals surface area contributed by atoms with Gasteiger partial charge < -0.3 is 117 Å². The maximum absolute atomic E-state index is 16.4. The number of carboxylic acids is 1. The molecular formula is C81H68Cl2N10O24. The van der Waals surface area contributed by atoms with E-state index in [2.05, 4.69) is 47.5 Å². The van der Waals surface area contributed by atoms with Gasteiger partial charge in [0, 0.05) is 42.2 Å². The number of carbonyl (C=O) groups excluding carboxylic acids is 7. The third-order valence-electron chi connectivity index (χ3n) is 20.0. The van der Waals surface area contributed by atoms with E-state index in [4.69, 9.17) is 51.6 Å². The van der Waals surface area contributed by atoms with Crippen molar-refractivity contribution in [1.29, 1.82) is 0 Å². The topological polar surface area (TPSA) is 509 Å². The average Bonchev–Trinajstić information content (AvgIpc) is 0.996. The lowest BCUT2D eigenvalue weighted by Gasteiger charge is -2.44. The van der Waals surface area contributed by atoms with E-state index in [-0.39, 0.29) is 68.1 Å². The average molecular weight is 1640 g/mol. The van der Waals surface area contributed by atoms with Crippen LogP contribution in [-0.4, -0.2) is 163 Å². The van der Waals surface area contributed by atoms with Crippen LogP contribution in [-0.2, 0) is 60.9 Å². The van der Waals surface area contributed by atoms with Gasteiger partial charge in [-0.05, 0) is 136 Å². The van der Waals surface area contributed by atoms with Crippen LogP contribution in [0.2, 0.25) is 10.0 Å². The minimum absolute atomic E-state index is 0.0996.